The van der Waals surface area contributed by atoms with Crippen molar-refractivity contribution in [3.05, 3.63) is 0 Å². The summed E-state index contributed by atoms with van der Waals surface area (Å²) >= 11 is 0. The zero-order valence-corrected chi connectivity index (χ0v) is 6.55. The zero-order chi connectivity index (χ0) is 7.84. The quantitative estimate of drug-likeness (QED) is 0.525. The van der Waals surface area contributed by atoms with Crippen LogP contribution in [0.25, 0.3) is 0 Å². The van der Waals surface area contributed by atoms with Gasteiger partial charge in [0.05, 0.1) is 0 Å². The Morgan fingerprint density at radius 2 is 2.00 bits per heavy atom. The number of Topliss-reactive ketones (excluding diaryl/α,β-unsaturated/α-hetero) is 1. The van der Waals surface area contributed by atoms with Crippen molar-refractivity contribution >= 4 is 5.78 Å². The molecule has 2 aliphatic carbocycles. The first kappa shape index (κ1) is 7.26. The number of hydrogen-bond acceptors (Lipinski definition) is 1. The maximum absolute atomic E-state index is 12.9. The van der Waals surface area contributed by atoms with Crippen LogP contribution in [0.3, 0.4) is 0 Å². The van der Waals surface area contributed by atoms with Crippen LogP contribution in [-0.4, -0.2) is 12.0 Å². The molecule has 2 saturated carbocycles. The van der Waals surface area contributed by atoms with Gasteiger partial charge in [0.1, 0.15) is 0 Å². The fourth-order valence-electron chi connectivity index (χ4n) is 2.48. The lowest BCUT2D eigenvalue weighted by molar-refractivity contribution is -0.128. The molecule has 0 N–H and O–H groups in total. The molecule has 0 amide bonds. The fraction of sp³-hybridized carbons (Fsp3) is 0.889. The molecule has 2 fully saturated rings. The van der Waals surface area contributed by atoms with Crippen LogP contribution < -0.4 is 0 Å². The topological polar surface area (TPSA) is 17.1 Å². The third kappa shape index (κ3) is 1.19. The lowest BCUT2D eigenvalue weighted by Gasteiger charge is -2.26. The van der Waals surface area contributed by atoms with E-state index < -0.39 is 6.17 Å². The summed E-state index contributed by atoms with van der Waals surface area (Å²) in [5, 5.41) is 0. The number of alkyl halides is 1. The summed E-state index contributed by atoms with van der Waals surface area (Å²) in [7, 11) is 0. The average molecular weight is 156 g/mol. The van der Waals surface area contributed by atoms with Gasteiger partial charge in [-0.2, -0.15) is 0 Å². The Morgan fingerprint density at radius 1 is 1.27 bits per heavy atom. The SMILES string of the molecule is O=C1C[C@@H]2CCC[C@@H]2C[C@H]1F. The van der Waals surface area contributed by atoms with Gasteiger partial charge in [-0.25, -0.2) is 4.39 Å². The van der Waals surface area contributed by atoms with Crippen LogP contribution in [0.1, 0.15) is 32.1 Å². The largest absolute Gasteiger partial charge is 0.296 e. The van der Waals surface area contributed by atoms with E-state index in [1.807, 2.05) is 0 Å². The minimum Gasteiger partial charge on any atom is -0.296 e. The van der Waals surface area contributed by atoms with E-state index in [1.54, 1.807) is 0 Å². The van der Waals surface area contributed by atoms with E-state index in [-0.39, 0.29) is 5.78 Å². The van der Waals surface area contributed by atoms with Gasteiger partial charge < -0.3 is 0 Å². The summed E-state index contributed by atoms with van der Waals surface area (Å²) in [5.74, 6) is 0.922. The van der Waals surface area contributed by atoms with Crippen molar-refractivity contribution in [1.29, 1.82) is 0 Å². The number of carbonyl (C=O) groups is 1. The van der Waals surface area contributed by atoms with E-state index in [4.69, 9.17) is 0 Å². The molecule has 0 radical (unpaired) electrons. The van der Waals surface area contributed by atoms with Crippen molar-refractivity contribution in [3.8, 4) is 0 Å². The second-order valence-corrected chi connectivity index (χ2v) is 3.82. The summed E-state index contributed by atoms with van der Waals surface area (Å²) in [5.41, 5.74) is 0. The molecule has 3 atom stereocenters. The number of fused-ring (bicyclic) bond motifs is 1. The molecule has 0 unspecified atom stereocenters. The molecule has 0 spiro atoms. The molecule has 0 aromatic rings. The predicted octanol–water partition coefficient (Wildman–Crippen LogP) is 2.10. The molecule has 0 bridgehead atoms. The summed E-state index contributed by atoms with van der Waals surface area (Å²) in [6.07, 6.45) is 3.42. The number of ketones is 1. The van der Waals surface area contributed by atoms with E-state index in [9.17, 15) is 9.18 Å². The Balaban J connectivity index is 2.06. The first-order valence-electron chi connectivity index (χ1n) is 4.44. The molecule has 2 rings (SSSR count). The van der Waals surface area contributed by atoms with Gasteiger partial charge in [-0.3, -0.25) is 4.79 Å². The van der Waals surface area contributed by atoms with Crippen LogP contribution in [0, 0.1) is 11.8 Å². The van der Waals surface area contributed by atoms with E-state index >= 15 is 0 Å². The van der Waals surface area contributed by atoms with Crippen LogP contribution >= 0.6 is 0 Å². The molecule has 1 nitrogen and oxygen atoms in total. The lowest BCUT2D eigenvalue weighted by Crippen LogP contribution is -2.30. The van der Waals surface area contributed by atoms with Crippen LogP contribution in [0.15, 0.2) is 0 Å². The minimum atomic E-state index is -1.13. The first-order chi connectivity index (χ1) is 5.27. The number of halogens is 1. The van der Waals surface area contributed by atoms with Gasteiger partial charge in [0.25, 0.3) is 0 Å². The molecule has 2 aliphatic rings. The van der Waals surface area contributed by atoms with Gasteiger partial charge in [0.15, 0.2) is 12.0 Å². The second kappa shape index (κ2) is 2.58. The van der Waals surface area contributed by atoms with Gasteiger partial charge in [0.2, 0.25) is 0 Å². The minimum absolute atomic E-state index is 0.145. The van der Waals surface area contributed by atoms with Gasteiger partial charge in [-0.1, -0.05) is 12.8 Å². The van der Waals surface area contributed by atoms with Gasteiger partial charge >= 0.3 is 0 Å². The number of carbonyl (C=O) groups excluding carboxylic acids is 1. The maximum atomic E-state index is 12.9. The fourth-order valence-corrected chi connectivity index (χ4v) is 2.48. The summed E-state index contributed by atoms with van der Waals surface area (Å²) in [6.45, 7) is 0. The van der Waals surface area contributed by atoms with Crippen molar-refractivity contribution in [2.24, 2.45) is 11.8 Å². The molecule has 0 aromatic carbocycles. The Labute approximate surface area is 66.0 Å². The third-order valence-electron chi connectivity index (χ3n) is 3.14. The highest BCUT2D eigenvalue weighted by molar-refractivity contribution is 5.84. The molecule has 2 heteroatoms. The zero-order valence-electron chi connectivity index (χ0n) is 6.55. The molecule has 0 aliphatic heterocycles. The Kier molecular flexibility index (Phi) is 1.70. The molecule has 11 heavy (non-hydrogen) atoms. The highest BCUT2D eigenvalue weighted by Crippen LogP contribution is 2.41. The van der Waals surface area contributed by atoms with E-state index in [2.05, 4.69) is 0 Å². The van der Waals surface area contributed by atoms with E-state index in [0.29, 0.717) is 24.7 Å². The van der Waals surface area contributed by atoms with Crippen LogP contribution in [0.4, 0.5) is 4.39 Å². The van der Waals surface area contributed by atoms with Crippen LogP contribution in [0.5, 0.6) is 0 Å². The summed E-state index contributed by atoms with van der Waals surface area (Å²) in [4.78, 5) is 11.0. The van der Waals surface area contributed by atoms with Crippen molar-refractivity contribution < 1.29 is 9.18 Å². The molecule has 0 heterocycles. The maximum Gasteiger partial charge on any atom is 0.167 e. The predicted molar refractivity (Wildman–Crippen MR) is 40.0 cm³/mol. The standard InChI is InChI=1S/C9H13FO/c10-8-4-6-2-1-3-7(6)5-9(8)11/h6-8H,1-5H2/t6-,7+,8-/m1/s1. The molecule has 0 saturated heterocycles. The molecular formula is C9H13FO. The monoisotopic (exact) mass is 156 g/mol. The van der Waals surface area contributed by atoms with Gasteiger partial charge in [0, 0.05) is 6.42 Å². The number of rotatable bonds is 0. The average Bonchev–Trinajstić information content (AvgIpc) is 2.36. The number of hydrogen-bond donors (Lipinski definition) is 0. The summed E-state index contributed by atoms with van der Waals surface area (Å²) in [6, 6.07) is 0. The van der Waals surface area contributed by atoms with E-state index in [0.717, 1.165) is 12.8 Å². The molecule has 62 valence electrons. The van der Waals surface area contributed by atoms with Crippen molar-refractivity contribution in [1.82, 2.24) is 0 Å². The van der Waals surface area contributed by atoms with Gasteiger partial charge in [-0.15, -0.1) is 0 Å². The Hall–Kier alpha value is -0.400. The molecular weight excluding hydrogens is 143 g/mol. The van der Waals surface area contributed by atoms with Crippen molar-refractivity contribution in [2.45, 2.75) is 38.3 Å². The Morgan fingerprint density at radius 3 is 2.82 bits per heavy atom. The van der Waals surface area contributed by atoms with E-state index in [1.165, 1.54) is 6.42 Å². The van der Waals surface area contributed by atoms with Crippen molar-refractivity contribution in [2.75, 3.05) is 0 Å². The highest BCUT2D eigenvalue weighted by Gasteiger charge is 2.38. The van der Waals surface area contributed by atoms with Gasteiger partial charge in [-0.05, 0) is 24.7 Å². The lowest BCUT2D eigenvalue weighted by atomic mass is 9.80. The Bertz CT molecular complexity index is 178. The summed E-state index contributed by atoms with van der Waals surface area (Å²) < 4.78 is 12.9. The van der Waals surface area contributed by atoms with Crippen LogP contribution in [-0.2, 0) is 4.79 Å². The normalized spacial score (nSPS) is 44.1. The second-order valence-electron chi connectivity index (χ2n) is 3.82. The highest BCUT2D eigenvalue weighted by atomic mass is 19.1. The van der Waals surface area contributed by atoms with Crippen molar-refractivity contribution in [3.63, 3.8) is 0 Å². The van der Waals surface area contributed by atoms with Crippen LogP contribution in [0.2, 0.25) is 0 Å². The third-order valence-corrected chi connectivity index (χ3v) is 3.14. The smallest absolute Gasteiger partial charge is 0.167 e. The molecule has 0 aromatic heterocycles. The first-order valence-corrected chi connectivity index (χ1v) is 4.44.